The van der Waals surface area contributed by atoms with Gasteiger partial charge in [0.25, 0.3) is 0 Å². The number of hydrogen-bond acceptors (Lipinski definition) is 3. The molecule has 1 aliphatic rings. The highest BCUT2D eigenvalue weighted by Gasteiger charge is 2.23. The fourth-order valence-electron chi connectivity index (χ4n) is 2.74. The molecule has 0 radical (unpaired) electrons. The van der Waals surface area contributed by atoms with E-state index < -0.39 is 10.0 Å². The number of hydrogen-bond donors (Lipinski definition) is 0. The van der Waals surface area contributed by atoms with Crippen molar-refractivity contribution in [2.45, 2.75) is 0 Å². The molecule has 0 bridgehead atoms. The molecule has 0 unspecified atom stereocenters. The minimum Gasteiger partial charge on any atom is -0.368 e. The molecule has 5 heteroatoms. The highest BCUT2D eigenvalue weighted by molar-refractivity contribution is 7.88. The van der Waals surface area contributed by atoms with Crippen molar-refractivity contribution >= 4 is 26.5 Å². The Labute approximate surface area is 119 Å². The third-order valence-corrected chi connectivity index (χ3v) is 5.12. The summed E-state index contributed by atoms with van der Waals surface area (Å²) in [6.45, 7) is 2.59. The zero-order valence-electron chi connectivity index (χ0n) is 11.5. The van der Waals surface area contributed by atoms with E-state index in [1.54, 1.807) is 4.31 Å². The monoisotopic (exact) mass is 290 g/mol. The van der Waals surface area contributed by atoms with Gasteiger partial charge in [-0.05, 0) is 11.5 Å². The second-order valence-electron chi connectivity index (χ2n) is 5.15. The summed E-state index contributed by atoms with van der Waals surface area (Å²) < 4.78 is 24.6. The topological polar surface area (TPSA) is 40.6 Å². The number of benzene rings is 2. The standard InChI is InChI=1S/C15H18N2O2S/c1-20(18,19)17-11-9-16(10-12-17)15-8-4-6-13-5-2-3-7-14(13)15/h2-8H,9-12H2,1H3. The second kappa shape index (κ2) is 5.07. The lowest BCUT2D eigenvalue weighted by Gasteiger charge is -2.35. The van der Waals surface area contributed by atoms with Crippen molar-refractivity contribution in [3.05, 3.63) is 42.5 Å². The van der Waals surface area contributed by atoms with E-state index in [0.29, 0.717) is 13.1 Å². The number of fused-ring (bicyclic) bond motifs is 1. The van der Waals surface area contributed by atoms with E-state index in [-0.39, 0.29) is 0 Å². The Kier molecular flexibility index (Phi) is 3.40. The molecule has 1 heterocycles. The van der Waals surface area contributed by atoms with Crippen LogP contribution in [-0.2, 0) is 10.0 Å². The molecular weight excluding hydrogens is 272 g/mol. The highest BCUT2D eigenvalue weighted by atomic mass is 32.2. The van der Waals surface area contributed by atoms with Crippen LogP contribution in [0.15, 0.2) is 42.5 Å². The van der Waals surface area contributed by atoms with Gasteiger partial charge in [0.05, 0.1) is 6.26 Å². The van der Waals surface area contributed by atoms with E-state index in [9.17, 15) is 8.42 Å². The van der Waals surface area contributed by atoms with Crippen molar-refractivity contribution in [3.8, 4) is 0 Å². The summed E-state index contributed by atoms with van der Waals surface area (Å²) in [4.78, 5) is 2.27. The van der Waals surface area contributed by atoms with Crippen molar-refractivity contribution < 1.29 is 8.42 Å². The van der Waals surface area contributed by atoms with E-state index in [2.05, 4.69) is 35.2 Å². The largest absolute Gasteiger partial charge is 0.368 e. The molecule has 0 saturated carbocycles. The average Bonchev–Trinajstić information content (AvgIpc) is 2.46. The van der Waals surface area contributed by atoms with Crippen LogP contribution < -0.4 is 4.90 Å². The molecular formula is C15H18N2O2S. The maximum atomic E-state index is 11.5. The van der Waals surface area contributed by atoms with Gasteiger partial charge in [0, 0.05) is 37.3 Å². The van der Waals surface area contributed by atoms with E-state index in [0.717, 1.165) is 13.1 Å². The predicted molar refractivity (Wildman–Crippen MR) is 82.6 cm³/mol. The van der Waals surface area contributed by atoms with Gasteiger partial charge in [-0.1, -0.05) is 36.4 Å². The summed E-state index contributed by atoms with van der Waals surface area (Å²) in [5.74, 6) is 0. The Hall–Kier alpha value is -1.59. The van der Waals surface area contributed by atoms with Gasteiger partial charge in [-0.15, -0.1) is 0 Å². The number of sulfonamides is 1. The maximum absolute atomic E-state index is 11.5. The first-order chi connectivity index (χ1) is 9.55. The number of anilines is 1. The van der Waals surface area contributed by atoms with Gasteiger partial charge in [0.15, 0.2) is 0 Å². The lowest BCUT2D eigenvalue weighted by atomic mass is 10.1. The number of nitrogens with zero attached hydrogens (tertiary/aromatic N) is 2. The lowest BCUT2D eigenvalue weighted by molar-refractivity contribution is 0.388. The number of piperazine rings is 1. The summed E-state index contributed by atoms with van der Waals surface area (Å²) in [5.41, 5.74) is 1.19. The van der Waals surface area contributed by atoms with Crippen LogP contribution in [0, 0.1) is 0 Å². The zero-order valence-corrected chi connectivity index (χ0v) is 12.3. The lowest BCUT2D eigenvalue weighted by Crippen LogP contribution is -2.48. The fraction of sp³-hybridized carbons (Fsp3) is 0.333. The van der Waals surface area contributed by atoms with Crippen molar-refractivity contribution in [2.24, 2.45) is 0 Å². The molecule has 0 spiro atoms. The Balaban J connectivity index is 1.87. The van der Waals surface area contributed by atoms with Crippen molar-refractivity contribution in [1.29, 1.82) is 0 Å². The highest BCUT2D eigenvalue weighted by Crippen LogP contribution is 2.27. The molecule has 0 amide bonds. The van der Waals surface area contributed by atoms with Gasteiger partial charge < -0.3 is 4.90 Å². The van der Waals surface area contributed by atoms with Crippen LogP contribution in [0.2, 0.25) is 0 Å². The first-order valence-corrected chi connectivity index (χ1v) is 8.58. The minimum absolute atomic E-state index is 0.558. The van der Waals surface area contributed by atoms with Crippen LogP contribution in [-0.4, -0.2) is 45.2 Å². The molecule has 0 aliphatic carbocycles. The maximum Gasteiger partial charge on any atom is 0.211 e. The third-order valence-electron chi connectivity index (χ3n) is 3.81. The second-order valence-corrected chi connectivity index (χ2v) is 7.13. The summed E-state index contributed by atoms with van der Waals surface area (Å²) in [5, 5.41) is 2.44. The van der Waals surface area contributed by atoms with E-state index in [1.165, 1.54) is 22.7 Å². The van der Waals surface area contributed by atoms with Crippen LogP contribution in [0.25, 0.3) is 10.8 Å². The van der Waals surface area contributed by atoms with E-state index >= 15 is 0 Å². The molecule has 2 aromatic rings. The SMILES string of the molecule is CS(=O)(=O)N1CCN(c2cccc3ccccc23)CC1. The van der Waals surface area contributed by atoms with Crippen molar-refractivity contribution in [3.63, 3.8) is 0 Å². The first kappa shape index (κ1) is 13.4. The summed E-state index contributed by atoms with van der Waals surface area (Å²) in [7, 11) is -3.07. The van der Waals surface area contributed by atoms with Crippen LogP contribution in [0.4, 0.5) is 5.69 Å². The Morgan fingerprint density at radius 1 is 0.900 bits per heavy atom. The normalized spacial score (nSPS) is 17.6. The van der Waals surface area contributed by atoms with Crippen LogP contribution in [0.5, 0.6) is 0 Å². The molecule has 106 valence electrons. The van der Waals surface area contributed by atoms with E-state index in [1.807, 2.05) is 12.1 Å². The van der Waals surface area contributed by atoms with Crippen LogP contribution >= 0.6 is 0 Å². The van der Waals surface area contributed by atoms with Crippen molar-refractivity contribution in [1.82, 2.24) is 4.31 Å². The van der Waals surface area contributed by atoms with Gasteiger partial charge in [-0.3, -0.25) is 0 Å². The molecule has 0 aromatic heterocycles. The minimum atomic E-state index is -3.07. The Morgan fingerprint density at radius 2 is 1.55 bits per heavy atom. The van der Waals surface area contributed by atoms with Crippen LogP contribution in [0.3, 0.4) is 0 Å². The van der Waals surface area contributed by atoms with Crippen molar-refractivity contribution in [2.75, 3.05) is 37.3 Å². The summed E-state index contributed by atoms with van der Waals surface area (Å²) in [6.07, 6.45) is 1.28. The molecule has 0 atom stereocenters. The third kappa shape index (κ3) is 2.51. The first-order valence-electron chi connectivity index (χ1n) is 6.73. The van der Waals surface area contributed by atoms with Crippen LogP contribution in [0.1, 0.15) is 0 Å². The molecule has 1 fully saturated rings. The Morgan fingerprint density at radius 3 is 2.25 bits per heavy atom. The van der Waals surface area contributed by atoms with Gasteiger partial charge in [-0.25, -0.2) is 8.42 Å². The molecule has 4 nitrogen and oxygen atoms in total. The molecule has 20 heavy (non-hydrogen) atoms. The number of rotatable bonds is 2. The molecule has 1 saturated heterocycles. The molecule has 2 aromatic carbocycles. The smallest absolute Gasteiger partial charge is 0.211 e. The fourth-order valence-corrected chi connectivity index (χ4v) is 3.57. The molecule has 0 N–H and O–H groups in total. The van der Waals surface area contributed by atoms with Gasteiger partial charge in [0.2, 0.25) is 10.0 Å². The molecule has 1 aliphatic heterocycles. The zero-order chi connectivity index (χ0) is 14.2. The Bertz CT molecular complexity index is 714. The van der Waals surface area contributed by atoms with Gasteiger partial charge >= 0.3 is 0 Å². The van der Waals surface area contributed by atoms with Gasteiger partial charge in [0.1, 0.15) is 0 Å². The molecule has 3 rings (SSSR count). The summed E-state index contributed by atoms with van der Waals surface area (Å²) >= 11 is 0. The van der Waals surface area contributed by atoms with Gasteiger partial charge in [-0.2, -0.15) is 4.31 Å². The van der Waals surface area contributed by atoms with E-state index in [4.69, 9.17) is 0 Å². The predicted octanol–water partition coefficient (Wildman–Crippen LogP) is 1.92. The quantitative estimate of drug-likeness (QED) is 0.848. The average molecular weight is 290 g/mol. The summed E-state index contributed by atoms with van der Waals surface area (Å²) in [6, 6.07) is 14.6.